The number of ether oxygens (including phenoxy) is 2. The summed E-state index contributed by atoms with van der Waals surface area (Å²) < 4.78 is 37.8. The first-order valence-electron chi connectivity index (χ1n) is 10.0. The molecule has 162 valence electrons. The summed E-state index contributed by atoms with van der Waals surface area (Å²) in [5.74, 6) is -0.193. The van der Waals surface area contributed by atoms with Crippen molar-refractivity contribution in [3.63, 3.8) is 0 Å². The minimum atomic E-state index is -3.61. The Morgan fingerprint density at radius 1 is 1.20 bits per heavy atom. The molecule has 0 bridgehead atoms. The molecule has 0 aliphatic heterocycles. The van der Waals surface area contributed by atoms with Crippen molar-refractivity contribution in [1.29, 1.82) is 0 Å². The van der Waals surface area contributed by atoms with Gasteiger partial charge in [0.25, 0.3) is 0 Å². The summed E-state index contributed by atoms with van der Waals surface area (Å²) in [7, 11) is -2.04. The Hall–Kier alpha value is -2.68. The second-order valence-electron chi connectivity index (χ2n) is 7.09. The summed E-state index contributed by atoms with van der Waals surface area (Å²) >= 11 is 0. The van der Waals surface area contributed by atoms with E-state index in [9.17, 15) is 13.2 Å². The van der Waals surface area contributed by atoms with Crippen LogP contribution < -0.4 is 9.04 Å². The van der Waals surface area contributed by atoms with Gasteiger partial charge in [-0.05, 0) is 49.9 Å². The van der Waals surface area contributed by atoms with Crippen LogP contribution >= 0.6 is 0 Å². The Morgan fingerprint density at radius 3 is 2.47 bits per heavy atom. The third kappa shape index (κ3) is 4.89. The van der Waals surface area contributed by atoms with E-state index in [-0.39, 0.29) is 25.1 Å². The highest BCUT2D eigenvalue weighted by atomic mass is 32.2. The fourth-order valence-corrected chi connectivity index (χ4v) is 4.87. The monoisotopic (exact) mass is 433 g/mol. The van der Waals surface area contributed by atoms with Gasteiger partial charge in [0.1, 0.15) is 5.75 Å². The Bertz CT molecular complexity index is 974. The van der Waals surface area contributed by atoms with E-state index in [2.05, 4.69) is 9.97 Å². The van der Waals surface area contributed by atoms with Gasteiger partial charge in [-0.15, -0.1) is 0 Å². The highest BCUT2D eigenvalue weighted by Gasteiger charge is 2.41. The number of rotatable bonds is 10. The minimum absolute atomic E-state index is 0.0676. The molecule has 2 aromatic rings. The fourth-order valence-electron chi connectivity index (χ4n) is 3.13. The van der Waals surface area contributed by atoms with Gasteiger partial charge in [0.2, 0.25) is 16.0 Å². The largest absolute Gasteiger partial charge is 0.497 e. The number of benzene rings is 1. The van der Waals surface area contributed by atoms with Crippen molar-refractivity contribution in [2.45, 2.75) is 50.8 Å². The second-order valence-corrected chi connectivity index (χ2v) is 9.23. The standard InChI is InChI=1S/C21H27N3O5S/c1-4-18(20(25)29-5-2)19-12-13-22-21(23-19)24(30(26,27)17-10-11-17)14-15-6-8-16(28-3)9-7-15/h6-9,12-13,17-18H,4-5,10-11,14H2,1-3H3. The molecule has 1 aromatic heterocycles. The van der Waals surface area contributed by atoms with Crippen molar-refractivity contribution in [2.24, 2.45) is 0 Å². The summed E-state index contributed by atoms with van der Waals surface area (Å²) in [4.78, 5) is 21.0. The molecule has 0 amide bonds. The predicted molar refractivity (Wildman–Crippen MR) is 113 cm³/mol. The molecule has 1 aliphatic rings. The molecular weight excluding hydrogens is 406 g/mol. The number of carbonyl (C=O) groups excluding carboxylic acids is 1. The normalized spacial score (nSPS) is 14.8. The van der Waals surface area contributed by atoms with Crippen LogP contribution in [0.15, 0.2) is 36.5 Å². The first-order valence-corrected chi connectivity index (χ1v) is 11.5. The van der Waals surface area contributed by atoms with Crippen molar-refractivity contribution in [2.75, 3.05) is 18.0 Å². The van der Waals surface area contributed by atoms with Crippen LogP contribution in [0, 0.1) is 0 Å². The number of sulfonamides is 1. The highest BCUT2D eigenvalue weighted by Crippen LogP contribution is 2.34. The van der Waals surface area contributed by atoms with Crippen LogP contribution in [-0.4, -0.2) is 43.3 Å². The van der Waals surface area contributed by atoms with Crippen LogP contribution in [0.5, 0.6) is 5.75 Å². The maximum Gasteiger partial charge on any atom is 0.315 e. The predicted octanol–water partition coefficient (Wildman–Crippen LogP) is 3.04. The Kier molecular flexibility index (Phi) is 6.91. The summed E-state index contributed by atoms with van der Waals surface area (Å²) in [5.41, 5.74) is 1.23. The van der Waals surface area contributed by atoms with Crippen LogP contribution in [0.25, 0.3) is 0 Å². The topological polar surface area (TPSA) is 98.7 Å². The molecule has 3 rings (SSSR count). The first-order chi connectivity index (χ1) is 14.4. The molecule has 1 heterocycles. The third-order valence-corrected chi connectivity index (χ3v) is 7.18. The second kappa shape index (κ2) is 9.42. The number of hydrogen-bond donors (Lipinski definition) is 0. The van der Waals surface area contributed by atoms with E-state index in [1.54, 1.807) is 32.2 Å². The quantitative estimate of drug-likeness (QED) is 0.531. The van der Waals surface area contributed by atoms with E-state index < -0.39 is 21.2 Å². The lowest BCUT2D eigenvalue weighted by Gasteiger charge is -2.23. The lowest BCUT2D eigenvalue weighted by atomic mass is 10.0. The summed E-state index contributed by atoms with van der Waals surface area (Å²) in [5, 5.41) is -0.421. The molecule has 0 spiro atoms. The number of methoxy groups -OCH3 is 1. The molecular formula is C21H27N3O5S. The Morgan fingerprint density at radius 2 is 1.90 bits per heavy atom. The third-order valence-electron chi connectivity index (χ3n) is 4.96. The zero-order chi connectivity index (χ0) is 21.7. The number of aromatic nitrogens is 2. The maximum absolute atomic E-state index is 13.1. The van der Waals surface area contributed by atoms with Gasteiger partial charge in [-0.1, -0.05) is 19.1 Å². The molecule has 1 aromatic carbocycles. The Balaban J connectivity index is 1.96. The average molecular weight is 434 g/mol. The number of carbonyl (C=O) groups is 1. The molecule has 1 atom stereocenters. The van der Waals surface area contributed by atoms with Crippen molar-refractivity contribution < 1.29 is 22.7 Å². The highest BCUT2D eigenvalue weighted by molar-refractivity contribution is 7.93. The zero-order valence-corrected chi connectivity index (χ0v) is 18.3. The van der Waals surface area contributed by atoms with Gasteiger partial charge >= 0.3 is 5.97 Å². The van der Waals surface area contributed by atoms with E-state index in [1.165, 1.54) is 10.5 Å². The van der Waals surface area contributed by atoms with E-state index in [1.807, 2.05) is 19.1 Å². The van der Waals surface area contributed by atoms with Crippen molar-refractivity contribution in [3.05, 3.63) is 47.8 Å². The van der Waals surface area contributed by atoms with Crippen LogP contribution in [0.4, 0.5) is 5.95 Å². The summed E-state index contributed by atoms with van der Waals surface area (Å²) in [6.07, 6.45) is 3.23. The molecule has 1 unspecified atom stereocenters. The summed E-state index contributed by atoms with van der Waals surface area (Å²) in [6.45, 7) is 3.98. The van der Waals surface area contributed by atoms with Gasteiger partial charge in [0, 0.05) is 6.20 Å². The molecule has 0 N–H and O–H groups in total. The maximum atomic E-state index is 13.1. The van der Waals surface area contributed by atoms with Gasteiger partial charge in [-0.2, -0.15) is 0 Å². The van der Waals surface area contributed by atoms with Crippen LogP contribution in [0.1, 0.15) is 50.3 Å². The molecule has 0 radical (unpaired) electrons. The van der Waals surface area contributed by atoms with Crippen LogP contribution in [-0.2, 0) is 26.1 Å². The van der Waals surface area contributed by atoms with Gasteiger partial charge in [0.05, 0.1) is 37.1 Å². The van der Waals surface area contributed by atoms with E-state index >= 15 is 0 Å². The smallest absolute Gasteiger partial charge is 0.315 e. The average Bonchev–Trinajstić information content (AvgIpc) is 3.59. The van der Waals surface area contributed by atoms with Crippen molar-refractivity contribution in [1.82, 2.24) is 9.97 Å². The van der Waals surface area contributed by atoms with Gasteiger partial charge in [0.15, 0.2) is 0 Å². The van der Waals surface area contributed by atoms with E-state index in [0.717, 1.165) is 5.56 Å². The molecule has 1 aliphatic carbocycles. The zero-order valence-electron chi connectivity index (χ0n) is 17.4. The molecule has 30 heavy (non-hydrogen) atoms. The molecule has 1 saturated carbocycles. The molecule has 8 nitrogen and oxygen atoms in total. The molecule has 9 heteroatoms. The number of esters is 1. The number of nitrogens with zero attached hydrogens (tertiary/aromatic N) is 3. The number of anilines is 1. The van der Waals surface area contributed by atoms with Gasteiger partial charge in [-0.25, -0.2) is 22.7 Å². The first kappa shape index (κ1) is 22.0. The molecule has 1 fully saturated rings. The van der Waals surface area contributed by atoms with Gasteiger partial charge in [-0.3, -0.25) is 4.79 Å². The van der Waals surface area contributed by atoms with Crippen molar-refractivity contribution in [3.8, 4) is 5.75 Å². The van der Waals surface area contributed by atoms with Crippen LogP contribution in [0.2, 0.25) is 0 Å². The van der Waals surface area contributed by atoms with Crippen LogP contribution in [0.3, 0.4) is 0 Å². The lowest BCUT2D eigenvalue weighted by molar-refractivity contribution is -0.145. The van der Waals surface area contributed by atoms with Crippen molar-refractivity contribution >= 4 is 21.9 Å². The minimum Gasteiger partial charge on any atom is -0.497 e. The lowest BCUT2D eigenvalue weighted by Crippen LogP contribution is -2.35. The van der Waals surface area contributed by atoms with Gasteiger partial charge < -0.3 is 9.47 Å². The fraction of sp³-hybridized carbons (Fsp3) is 0.476. The number of hydrogen-bond acceptors (Lipinski definition) is 7. The Labute approximate surface area is 177 Å². The molecule has 0 saturated heterocycles. The SMILES string of the molecule is CCOC(=O)C(CC)c1ccnc(N(Cc2ccc(OC)cc2)S(=O)(=O)C2CC2)n1. The van der Waals surface area contributed by atoms with E-state index in [0.29, 0.717) is 30.7 Å². The van der Waals surface area contributed by atoms with E-state index in [4.69, 9.17) is 9.47 Å². The summed E-state index contributed by atoms with van der Waals surface area (Å²) in [6, 6.07) is 8.81.